The van der Waals surface area contributed by atoms with E-state index in [4.69, 9.17) is 9.46 Å². The van der Waals surface area contributed by atoms with Crippen molar-refractivity contribution in [2.45, 2.75) is 46.0 Å². The second-order valence-corrected chi connectivity index (χ2v) is 8.78. The summed E-state index contributed by atoms with van der Waals surface area (Å²) in [5, 5.41) is 0. The molecule has 0 rings (SSSR count). The fourth-order valence-electron chi connectivity index (χ4n) is 0.250. The van der Waals surface area contributed by atoms with Crippen LogP contribution in [0.5, 0.6) is 0 Å². The Morgan fingerprint density at radius 2 is 1.40 bits per heavy atom. The Morgan fingerprint density at radius 1 is 1.00 bits per heavy atom. The predicted octanol–water partition coefficient (Wildman–Crippen LogP) is 2.57. The fraction of sp³-hybridized carbons (Fsp3) is 1.00. The highest BCUT2D eigenvalue weighted by Gasteiger charge is 2.20. The Kier molecular flexibility index (Phi) is 3.07. The molecule has 0 aliphatic rings. The van der Waals surface area contributed by atoms with Crippen LogP contribution in [0.1, 0.15) is 20.8 Å². The minimum Gasteiger partial charge on any atom is -0.287 e. The molecule has 0 spiro atoms. The molecule has 0 aliphatic heterocycles. The zero-order chi connectivity index (χ0) is 8.41. The van der Waals surface area contributed by atoms with Crippen molar-refractivity contribution in [1.82, 2.24) is 0 Å². The Balaban J connectivity index is 3.56. The highest BCUT2D eigenvalue weighted by molar-refractivity contribution is 6.69. The highest BCUT2D eigenvalue weighted by Crippen LogP contribution is 2.12. The SMILES string of the molecule is CC(C)(C)OO[Si](C)(C)C. The second kappa shape index (κ2) is 3.03. The lowest BCUT2D eigenvalue weighted by molar-refractivity contribution is -0.284. The molecule has 62 valence electrons. The van der Waals surface area contributed by atoms with Gasteiger partial charge in [-0.2, -0.15) is 0 Å². The molecule has 0 saturated heterocycles. The van der Waals surface area contributed by atoms with E-state index in [1.165, 1.54) is 0 Å². The van der Waals surface area contributed by atoms with Gasteiger partial charge in [-0.15, -0.1) is 0 Å². The van der Waals surface area contributed by atoms with Gasteiger partial charge in [0.05, 0.1) is 5.60 Å². The Labute approximate surface area is 64.6 Å². The average Bonchev–Trinajstić information content (AvgIpc) is 1.57. The van der Waals surface area contributed by atoms with Crippen LogP contribution >= 0.6 is 0 Å². The average molecular weight is 162 g/mol. The van der Waals surface area contributed by atoms with Crippen LogP contribution in [0.15, 0.2) is 0 Å². The molecule has 0 fully saturated rings. The van der Waals surface area contributed by atoms with Crippen LogP contribution in [-0.2, 0) is 9.46 Å². The molecule has 0 aromatic carbocycles. The molecule has 0 aliphatic carbocycles. The van der Waals surface area contributed by atoms with E-state index in [1.54, 1.807) is 0 Å². The molecule has 10 heavy (non-hydrogen) atoms. The Bertz CT molecular complexity index is 85.2. The maximum atomic E-state index is 5.23. The summed E-state index contributed by atoms with van der Waals surface area (Å²) >= 11 is 0. The summed E-state index contributed by atoms with van der Waals surface area (Å²) in [6.45, 7) is 12.2. The second-order valence-electron chi connectivity index (χ2n) is 4.39. The minimum atomic E-state index is -1.49. The number of hydrogen-bond donors (Lipinski definition) is 0. The van der Waals surface area contributed by atoms with Gasteiger partial charge in [0.25, 0.3) is 0 Å². The predicted molar refractivity (Wildman–Crippen MR) is 45.3 cm³/mol. The van der Waals surface area contributed by atoms with Crippen molar-refractivity contribution in [2.24, 2.45) is 0 Å². The third-order valence-electron chi connectivity index (χ3n) is 0.542. The van der Waals surface area contributed by atoms with Crippen molar-refractivity contribution in [3.05, 3.63) is 0 Å². The Hall–Kier alpha value is 0.137. The first-order valence-corrected chi connectivity index (χ1v) is 6.98. The normalized spacial score (nSPS) is 13.8. The largest absolute Gasteiger partial charge is 0.287 e. The smallest absolute Gasteiger partial charge is 0.230 e. The molecule has 0 aromatic heterocycles. The van der Waals surface area contributed by atoms with Crippen molar-refractivity contribution >= 4 is 8.32 Å². The van der Waals surface area contributed by atoms with Crippen LogP contribution in [0.2, 0.25) is 19.6 Å². The molecule has 0 unspecified atom stereocenters. The summed E-state index contributed by atoms with van der Waals surface area (Å²) < 4.78 is 5.23. The first-order chi connectivity index (χ1) is 4.21. The summed E-state index contributed by atoms with van der Waals surface area (Å²) in [7, 11) is -1.49. The fourth-order valence-corrected chi connectivity index (χ4v) is 0.750. The van der Waals surface area contributed by atoms with Gasteiger partial charge in [-0.3, -0.25) is 4.58 Å². The van der Waals surface area contributed by atoms with E-state index >= 15 is 0 Å². The van der Waals surface area contributed by atoms with Crippen molar-refractivity contribution in [1.29, 1.82) is 0 Å². The molecule has 0 atom stereocenters. The molecule has 0 bridgehead atoms. The third-order valence-corrected chi connectivity index (χ3v) is 1.13. The maximum absolute atomic E-state index is 5.23. The van der Waals surface area contributed by atoms with Crippen molar-refractivity contribution in [2.75, 3.05) is 0 Å². The zero-order valence-corrected chi connectivity index (χ0v) is 8.82. The molecule has 0 heterocycles. The molecule has 0 saturated carbocycles. The minimum absolute atomic E-state index is 0.180. The van der Waals surface area contributed by atoms with E-state index in [0.717, 1.165) is 0 Å². The summed E-state index contributed by atoms with van der Waals surface area (Å²) in [6, 6.07) is 0. The molecule has 0 radical (unpaired) electrons. The van der Waals surface area contributed by atoms with Crippen molar-refractivity contribution in [3.63, 3.8) is 0 Å². The zero-order valence-electron chi connectivity index (χ0n) is 7.82. The van der Waals surface area contributed by atoms with E-state index in [9.17, 15) is 0 Å². The third kappa shape index (κ3) is 8.14. The lowest BCUT2D eigenvalue weighted by Crippen LogP contribution is -2.31. The van der Waals surface area contributed by atoms with Gasteiger partial charge in [-0.05, 0) is 40.4 Å². The first kappa shape index (κ1) is 10.1. The van der Waals surface area contributed by atoms with Crippen molar-refractivity contribution in [3.8, 4) is 0 Å². The highest BCUT2D eigenvalue weighted by atomic mass is 28.4. The van der Waals surface area contributed by atoms with Crippen LogP contribution in [0.4, 0.5) is 0 Å². The van der Waals surface area contributed by atoms with E-state index < -0.39 is 8.32 Å². The summed E-state index contributed by atoms with van der Waals surface area (Å²) in [4.78, 5) is 5.16. The number of hydrogen-bond acceptors (Lipinski definition) is 2. The van der Waals surface area contributed by atoms with E-state index in [2.05, 4.69) is 19.6 Å². The van der Waals surface area contributed by atoms with Gasteiger partial charge in [0.1, 0.15) is 0 Å². The lowest BCUT2D eigenvalue weighted by atomic mass is 10.2. The molecular formula is C7H18O2Si. The lowest BCUT2D eigenvalue weighted by Gasteiger charge is -2.24. The number of rotatable bonds is 2. The van der Waals surface area contributed by atoms with Gasteiger partial charge in [0, 0.05) is 0 Å². The standard InChI is InChI=1S/C7H18O2Si/c1-7(2,3)8-9-10(4,5)6/h1-6H3. The van der Waals surface area contributed by atoms with Gasteiger partial charge < -0.3 is 0 Å². The summed E-state index contributed by atoms with van der Waals surface area (Å²) in [5.41, 5.74) is -0.180. The summed E-state index contributed by atoms with van der Waals surface area (Å²) in [6.07, 6.45) is 0. The van der Waals surface area contributed by atoms with Crippen molar-refractivity contribution < 1.29 is 9.46 Å². The maximum Gasteiger partial charge on any atom is 0.230 e. The molecule has 2 nitrogen and oxygen atoms in total. The topological polar surface area (TPSA) is 18.5 Å². The molecule has 0 aromatic rings. The van der Waals surface area contributed by atoms with Crippen LogP contribution in [0.25, 0.3) is 0 Å². The van der Waals surface area contributed by atoms with Gasteiger partial charge >= 0.3 is 0 Å². The molecular weight excluding hydrogens is 144 g/mol. The van der Waals surface area contributed by atoms with E-state index in [1.807, 2.05) is 20.8 Å². The van der Waals surface area contributed by atoms with E-state index in [-0.39, 0.29) is 5.60 Å². The quantitative estimate of drug-likeness (QED) is 0.353. The monoisotopic (exact) mass is 162 g/mol. The van der Waals surface area contributed by atoms with Gasteiger partial charge in [0.15, 0.2) is 0 Å². The van der Waals surface area contributed by atoms with E-state index in [0.29, 0.717) is 0 Å². The van der Waals surface area contributed by atoms with Gasteiger partial charge in [0.2, 0.25) is 8.32 Å². The van der Waals surface area contributed by atoms with Crippen LogP contribution in [0.3, 0.4) is 0 Å². The molecule has 3 heteroatoms. The Morgan fingerprint density at radius 3 is 1.50 bits per heavy atom. The van der Waals surface area contributed by atoms with Crippen LogP contribution < -0.4 is 0 Å². The first-order valence-electron chi connectivity index (χ1n) is 3.57. The van der Waals surface area contributed by atoms with Crippen LogP contribution in [-0.4, -0.2) is 13.9 Å². The van der Waals surface area contributed by atoms with Crippen LogP contribution in [0, 0.1) is 0 Å². The molecule has 0 N–H and O–H groups in total. The molecule has 0 amide bonds. The summed E-state index contributed by atoms with van der Waals surface area (Å²) in [5.74, 6) is 0. The van der Waals surface area contributed by atoms with Gasteiger partial charge in [-0.1, -0.05) is 0 Å². The van der Waals surface area contributed by atoms with Gasteiger partial charge in [-0.25, -0.2) is 4.89 Å².